The molecule has 0 aliphatic heterocycles. The monoisotopic (exact) mass is 400 g/mol. The number of ether oxygens (including phenoxy) is 1. The number of para-hydroxylation sites is 1. The molecule has 4 nitrogen and oxygen atoms in total. The third-order valence-electron chi connectivity index (χ3n) is 4.04. The zero-order valence-corrected chi connectivity index (χ0v) is 16.9. The number of carbonyl (C=O) groups is 1. The van der Waals surface area contributed by atoms with Crippen LogP contribution in [0.5, 0.6) is 5.75 Å². The summed E-state index contributed by atoms with van der Waals surface area (Å²) in [6.07, 6.45) is 0.268. The molecule has 2 aromatic carbocycles. The van der Waals surface area contributed by atoms with Gasteiger partial charge in [-0.25, -0.2) is 4.98 Å². The number of nitrogens with zero attached hydrogens (tertiary/aromatic N) is 2. The van der Waals surface area contributed by atoms with Crippen LogP contribution in [0.15, 0.2) is 53.9 Å². The first-order chi connectivity index (χ1) is 13.1. The molecule has 0 N–H and O–H groups in total. The second kappa shape index (κ2) is 9.02. The molecule has 0 unspecified atom stereocenters. The number of amides is 1. The van der Waals surface area contributed by atoms with Gasteiger partial charge in [0.1, 0.15) is 10.8 Å². The predicted octanol–water partition coefficient (Wildman–Crippen LogP) is 5.06. The van der Waals surface area contributed by atoms with Gasteiger partial charge in [0.2, 0.25) is 5.91 Å². The van der Waals surface area contributed by atoms with Crippen LogP contribution in [-0.4, -0.2) is 29.4 Å². The van der Waals surface area contributed by atoms with E-state index in [9.17, 15) is 4.79 Å². The van der Waals surface area contributed by atoms with E-state index in [1.807, 2.05) is 60.8 Å². The Bertz CT molecular complexity index is 926. The van der Waals surface area contributed by atoms with Gasteiger partial charge in [-0.15, -0.1) is 11.3 Å². The molecule has 0 bridgehead atoms. The molecule has 27 heavy (non-hydrogen) atoms. The van der Waals surface area contributed by atoms with Crippen molar-refractivity contribution in [3.8, 4) is 16.3 Å². The topological polar surface area (TPSA) is 42.4 Å². The molecule has 1 amide bonds. The highest BCUT2D eigenvalue weighted by molar-refractivity contribution is 7.13. The van der Waals surface area contributed by atoms with E-state index in [-0.39, 0.29) is 12.3 Å². The normalized spacial score (nSPS) is 10.6. The second-order valence-electron chi connectivity index (χ2n) is 6.13. The molecule has 0 fully saturated rings. The average Bonchev–Trinajstić information content (AvgIpc) is 3.10. The molecule has 0 spiro atoms. The third kappa shape index (κ3) is 5.08. The van der Waals surface area contributed by atoms with Crippen molar-refractivity contribution in [3.05, 3.63) is 70.2 Å². The number of hydrogen-bond acceptors (Lipinski definition) is 4. The van der Waals surface area contributed by atoms with Crippen LogP contribution in [0.4, 0.5) is 0 Å². The van der Waals surface area contributed by atoms with Crippen molar-refractivity contribution in [1.29, 1.82) is 0 Å². The van der Waals surface area contributed by atoms with Crippen LogP contribution >= 0.6 is 22.9 Å². The van der Waals surface area contributed by atoms with Gasteiger partial charge in [-0.3, -0.25) is 4.79 Å². The lowest BCUT2D eigenvalue weighted by molar-refractivity contribution is -0.129. The Morgan fingerprint density at radius 3 is 2.81 bits per heavy atom. The molecule has 1 aromatic heterocycles. The molecule has 0 aliphatic carbocycles. The number of hydrogen-bond donors (Lipinski definition) is 0. The fourth-order valence-corrected chi connectivity index (χ4v) is 3.79. The molecule has 0 atom stereocenters. The maximum atomic E-state index is 12.5. The molecule has 0 radical (unpaired) electrons. The summed E-state index contributed by atoms with van der Waals surface area (Å²) in [5, 5.41) is 3.47. The summed E-state index contributed by atoms with van der Waals surface area (Å²) in [4.78, 5) is 18.9. The first-order valence-electron chi connectivity index (χ1n) is 8.72. The maximum absolute atomic E-state index is 12.5. The number of aromatic nitrogens is 1. The number of rotatable bonds is 7. The Morgan fingerprint density at radius 1 is 1.22 bits per heavy atom. The Balaban J connectivity index is 1.67. The van der Waals surface area contributed by atoms with Gasteiger partial charge in [-0.1, -0.05) is 35.9 Å². The molecule has 3 rings (SSSR count). The van der Waals surface area contributed by atoms with Crippen molar-refractivity contribution >= 4 is 28.8 Å². The van der Waals surface area contributed by atoms with Crippen LogP contribution in [0.3, 0.4) is 0 Å². The SMILES string of the molecule is CCOc1ccccc1-c1nc(CC(=O)N(C)Cc2cccc(Cl)c2)cs1. The van der Waals surface area contributed by atoms with Gasteiger partial charge in [0.15, 0.2) is 0 Å². The lowest BCUT2D eigenvalue weighted by Crippen LogP contribution is -2.27. The molecular formula is C21H21ClN2O2S. The third-order valence-corrected chi connectivity index (χ3v) is 5.20. The molecule has 3 aromatic rings. The van der Waals surface area contributed by atoms with Crippen LogP contribution < -0.4 is 4.74 Å². The van der Waals surface area contributed by atoms with Gasteiger partial charge in [-0.2, -0.15) is 0 Å². The van der Waals surface area contributed by atoms with E-state index in [4.69, 9.17) is 16.3 Å². The van der Waals surface area contributed by atoms with Gasteiger partial charge in [0.25, 0.3) is 0 Å². The minimum Gasteiger partial charge on any atom is -0.493 e. The minimum absolute atomic E-state index is 0.0184. The van der Waals surface area contributed by atoms with Crippen molar-refractivity contribution in [2.75, 3.05) is 13.7 Å². The largest absolute Gasteiger partial charge is 0.493 e. The van der Waals surface area contributed by atoms with Crippen LogP contribution in [-0.2, 0) is 17.8 Å². The summed E-state index contributed by atoms with van der Waals surface area (Å²) in [5.41, 5.74) is 2.72. The first kappa shape index (κ1) is 19.4. The van der Waals surface area contributed by atoms with E-state index < -0.39 is 0 Å². The smallest absolute Gasteiger partial charge is 0.228 e. The fraction of sp³-hybridized carbons (Fsp3) is 0.238. The Kier molecular flexibility index (Phi) is 6.48. The van der Waals surface area contributed by atoms with Crippen LogP contribution in [0, 0.1) is 0 Å². The van der Waals surface area contributed by atoms with Gasteiger partial charge in [-0.05, 0) is 36.8 Å². The van der Waals surface area contributed by atoms with Gasteiger partial charge in [0, 0.05) is 24.0 Å². The van der Waals surface area contributed by atoms with E-state index >= 15 is 0 Å². The molecule has 140 valence electrons. The summed E-state index contributed by atoms with van der Waals surface area (Å²) in [6.45, 7) is 3.07. The summed E-state index contributed by atoms with van der Waals surface area (Å²) in [6, 6.07) is 15.4. The van der Waals surface area contributed by atoms with Crippen LogP contribution in [0.2, 0.25) is 5.02 Å². The van der Waals surface area contributed by atoms with Crippen molar-refractivity contribution < 1.29 is 9.53 Å². The molecule has 1 heterocycles. The van der Waals surface area contributed by atoms with E-state index in [1.54, 1.807) is 11.9 Å². The average molecular weight is 401 g/mol. The van der Waals surface area contributed by atoms with E-state index in [1.165, 1.54) is 11.3 Å². The molecule has 6 heteroatoms. The van der Waals surface area contributed by atoms with Crippen molar-refractivity contribution in [3.63, 3.8) is 0 Å². The summed E-state index contributed by atoms with van der Waals surface area (Å²) in [7, 11) is 1.79. The number of thiazole rings is 1. The summed E-state index contributed by atoms with van der Waals surface area (Å²) >= 11 is 7.53. The van der Waals surface area contributed by atoms with Crippen LogP contribution in [0.1, 0.15) is 18.2 Å². The Morgan fingerprint density at radius 2 is 2.04 bits per heavy atom. The fourth-order valence-electron chi connectivity index (χ4n) is 2.72. The number of halogens is 1. The molecular weight excluding hydrogens is 380 g/mol. The first-order valence-corrected chi connectivity index (χ1v) is 9.97. The number of carbonyl (C=O) groups excluding carboxylic acids is 1. The molecule has 0 saturated heterocycles. The zero-order chi connectivity index (χ0) is 19.2. The van der Waals surface area contributed by atoms with Crippen LogP contribution in [0.25, 0.3) is 10.6 Å². The summed E-state index contributed by atoms with van der Waals surface area (Å²) < 4.78 is 5.68. The van der Waals surface area contributed by atoms with E-state index in [2.05, 4.69) is 4.98 Å². The minimum atomic E-state index is 0.0184. The van der Waals surface area contributed by atoms with E-state index in [0.717, 1.165) is 27.6 Å². The highest BCUT2D eigenvalue weighted by Gasteiger charge is 2.15. The lowest BCUT2D eigenvalue weighted by atomic mass is 10.2. The zero-order valence-electron chi connectivity index (χ0n) is 15.3. The van der Waals surface area contributed by atoms with Gasteiger partial charge < -0.3 is 9.64 Å². The quantitative estimate of drug-likeness (QED) is 0.556. The predicted molar refractivity (Wildman–Crippen MR) is 110 cm³/mol. The maximum Gasteiger partial charge on any atom is 0.228 e. The molecule has 0 aliphatic rings. The van der Waals surface area contributed by atoms with Crippen molar-refractivity contribution in [2.24, 2.45) is 0 Å². The van der Waals surface area contributed by atoms with Gasteiger partial charge >= 0.3 is 0 Å². The highest BCUT2D eigenvalue weighted by Crippen LogP contribution is 2.32. The standard InChI is InChI=1S/C21H21ClN2O2S/c1-3-26-19-10-5-4-9-18(19)21-23-17(14-27-21)12-20(25)24(2)13-15-7-6-8-16(22)11-15/h4-11,14H,3,12-13H2,1-2H3. The second-order valence-corrected chi connectivity index (χ2v) is 7.42. The Labute approximate surface area is 168 Å². The van der Waals surface area contributed by atoms with Gasteiger partial charge in [0.05, 0.1) is 24.3 Å². The number of benzene rings is 2. The number of likely N-dealkylation sites (N-methyl/N-ethyl adjacent to an activating group) is 1. The summed E-state index contributed by atoms with van der Waals surface area (Å²) in [5.74, 6) is 0.829. The van der Waals surface area contributed by atoms with Crippen molar-refractivity contribution in [2.45, 2.75) is 19.9 Å². The lowest BCUT2D eigenvalue weighted by Gasteiger charge is -2.17. The highest BCUT2D eigenvalue weighted by atomic mass is 35.5. The Hall–Kier alpha value is -2.37. The van der Waals surface area contributed by atoms with Crippen molar-refractivity contribution in [1.82, 2.24) is 9.88 Å². The van der Waals surface area contributed by atoms with E-state index in [0.29, 0.717) is 18.2 Å². The molecule has 0 saturated carbocycles.